The fourth-order valence-corrected chi connectivity index (χ4v) is 3.02. The van der Waals surface area contributed by atoms with Gasteiger partial charge in [-0.1, -0.05) is 6.42 Å². The predicted octanol–water partition coefficient (Wildman–Crippen LogP) is 1.81. The van der Waals surface area contributed by atoms with Crippen molar-refractivity contribution in [2.75, 3.05) is 6.54 Å². The fraction of sp³-hybridized carbons (Fsp3) is 0.688. The summed E-state index contributed by atoms with van der Waals surface area (Å²) < 4.78 is 4.32. The van der Waals surface area contributed by atoms with Gasteiger partial charge in [0.05, 0.1) is 0 Å². The molecular weight excluding hydrogens is 276 g/mol. The predicted molar refractivity (Wildman–Crippen MR) is 85.6 cm³/mol. The Kier molecular flexibility index (Phi) is 5.21. The lowest BCUT2D eigenvalue weighted by Gasteiger charge is -2.14. The number of nitrogens with zero attached hydrogens (tertiary/aromatic N) is 5. The van der Waals surface area contributed by atoms with Gasteiger partial charge in [0.15, 0.2) is 0 Å². The summed E-state index contributed by atoms with van der Waals surface area (Å²) in [5, 5.41) is 16.6. The molecule has 0 fully saturated rings. The number of rotatable bonds is 7. The van der Waals surface area contributed by atoms with Crippen molar-refractivity contribution in [2.45, 2.75) is 64.6 Å². The normalized spacial score (nSPS) is 16.2. The number of aryl methyl sites for hydroxylation is 2. The molecule has 0 spiro atoms. The summed E-state index contributed by atoms with van der Waals surface area (Å²) in [6.07, 6.45) is 10.8. The number of hydrogen-bond acceptors (Lipinski definition) is 4. The minimum Gasteiger partial charge on any atom is -0.315 e. The van der Waals surface area contributed by atoms with Gasteiger partial charge in [0.1, 0.15) is 11.6 Å². The molecule has 0 amide bonds. The molecule has 0 bridgehead atoms. The van der Waals surface area contributed by atoms with Crippen molar-refractivity contribution in [3.63, 3.8) is 0 Å². The first-order valence-electron chi connectivity index (χ1n) is 8.44. The lowest BCUT2D eigenvalue weighted by molar-refractivity contribution is 0.456. The maximum atomic E-state index is 4.38. The molecule has 120 valence electrons. The molecule has 22 heavy (non-hydrogen) atoms. The van der Waals surface area contributed by atoms with E-state index in [1.807, 2.05) is 23.1 Å². The highest BCUT2D eigenvalue weighted by molar-refractivity contribution is 4.98. The van der Waals surface area contributed by atoms with Crippen LogP contribution in [0.2, 0.25) is 0 Å². The van der Waals surface area contributed by atoms with Crippen LogP contribution >= 0.6 is 0 Å². The van der Waals surface area contributed by atoms with Crippen LogP contribution in [0.3, 0.4) is 0 Å². The van der Waals surface area contributed by atoms with E-state index < -0.39 is 0 Å². The van der Waals surface area contributed by atoms with Crippen molar-refractivity contribution in [3.05, 3.63) is 30.1 Å². The molecule has 1 atom stereocenters. The minimum atomic E-state index is 0.482. The Morgan fingerprint density at radius 3 is 3.09 bits per heavy atom. The molecule has 0 aromatic carbocycles. The molecule has 2 aromatic rings. The quantitative estimate of drug-likeness (QED) is 0.847. The van der Waals surface area contributed by atoms with E-state index in [0.717, 1.165) is 44.7 Å². The number of aromatic nitrogens is 5. The van der Waals surface area contributed by atoms with Crippen molar-refractivity contribution in [3.8, 4) is 0 Å². The summed E-state index contributed by atoms with van der Waals surface area (Å²) in [6.45, 7) is 5.24. The van der Waals surface area contributed by atoms with Gasteiger partial charge in [0.2, 0.25) is 0 Å². The first-order chi connectivity index (χ1) is 10.8. The van der Waals surface area contributed by atoms with Crippen LogP contribution in [0.5, 0.6) is 0 Å². The highest BCUT2D eigenvalue weighted by Gasteiger charge is 2.14. The van der Waals surface area contributed by atoms with Crippen LogP contribution in [0.4, 0.5) is 0 Å². The number of nitrogens with one attached hydrogen (secondary N) is 1. The van der Waals surface area contributed by atoms with Gasteiger partial charge in [0, 0.05) is 50.9 Å². The third kappa shape index (κ3) is 3.94. The van der Waals surface area contributed by atoms with E-state index in [2.05, 4.69) is 32.1 Å². The van der Waals surface area contributed by atoms with E-state index in [0.29, 0.717) is 6.04 Å². The lowest BCUT2D eigenvalue weighted by atomic mass is 10.2. The molecule has 6 nitrogen and oxygen atoms in total. The molecule has 6 heteroatoms. The van der Waals surface area contributed by atoms with E-state index in [9.17, 15) is 0 Å². The number of hydrogen-bond donors (Lipinski definition) is 1. The molecule has 3 rings (SSSR count). The Morgan fingerprint density at radius 2 is 2.23 bits per heavy atom. The highest BCUT2D eigenvalue weighted by Crippen LogP contribution is 2.14. The summed E-state index contributed by atoms with van der Waals surface area (Å²) in [4.78, 5) is 0. The largest absolute Gasteiger partial charge is 0.315 e. The first kappa shape index (κ1) is 15.2. The maximum Gasteiger partial charge on any atom is 0.134 e. The van der Waals surface area contributed by atoms with Gasteiger partial charge < -0.3 is 9.88 Å². The van der Waals surface area contributed by atoms with Gasteiger partial charge in [-0.05, 0) is 32.3 Å². The molecule has 0 radical (unpaired) electrons. The third-order valence-corrected chi connectivity index (χ3v) is 4.38. The van der Waals surface area contributed by atoms with Crippen LogP contribution in [-0.4, -0.2) is 37.1 Å². The fourth-order valence-electron chi connectivity index (χ4n) is 3.02. The standard InChI is InChI=1S/C16H26N6/c1-14(8-13-21-11-5-9-18-21)17-10-7-16-20-19-15-6-3-2-4-12-22(15)16/h5,9,11,14,17H,2-4,6-8,10,12-13H2,1H3. The summed E-state index contributed by atoms with van der Waals surface area (Å²) in [5.74, 6) is 2.32. The second-order valence-electron chi connectivity index (χ2n) is 6.16. The molecule has 0 saturated heterocycles. The van der Waals surface area contributed by atoms with Crippen molar-refractivity contribution >= 4 is 0 Å². The molecule has 0 aliphatic carbocycles. The van der Waals surface area contributed by atoms with Crippen LogP contribution < -0.4 is 5.32 Å². The summed E-state index contributed by atoms with van der Waals surface area (Å²) in [6, 6.07) is 2.45. The third-order valence-electron chi connectivity index (χ3n) is 4.38. The van der Waals surface area contributed by atoms with E-state index in [1.54, 1.807) is 0 Å². The van der Waals surface area contributed by atoms with E-state index >= 15 is 0 Å². The van der Waals surface area contributed by atoms with Crippen LogP contribution in [0.1, 0.15) is 44.3 Å². The minimum absolute atomic E-state index is 0.482. The smallest absolute Gasteiger partial charge is 0.134 e. The van der Waals surface area contributed by atoms with E-state index in [4.69, 9.17) is 0 Å². The molecular formula is C16H26N6. The molecule has 1 aliphatic rings. The Hall–Kier alpha value is -1.69. The van der Waals surface area contributed by atoms with Crippen LogP contribution in [-0.2, 0) is 25.9 Å². The van der Waals surface area contributed by atoms with Crippen LogP contribution in [0.15, 0.2) is 18.5 Å². The molecule has 0 saturated carbocycles. The summed E-state index contributed by atoms with van der Waals surface area (Å²) >= 11 is 0. The summed E-state index contributed by atoms with van der Waals surface area (Å²) in [5.41, 5.74) is 0. The SMILES string of the molecule is CC(CCn1cccn1)NCCc1nnc2n1CCCCC2. The van der Waals surface area contributed by atoms with Crippen molar-refractivity contribution in [1.29, 1.82) is 0 Å². The zero-order valence-corrected chi connectivity index (χ0v) is 13.4. The lowest BCUT2D eigenvalue weighted by Crippen LogP contribution is -2.30. The molecule has 1 unspecified atom stereocenters. The van der Waals surface area contributed by atoms with Crippen molar-refractivity contribution < 1.29 is 0 Å². The highest BCUT2D eigenvalue weighted by atomic mass is 15.3. The molecule has 1 aliphatic heterocycles. The van der Waals surface area contributed by atoms with Crippen molar-refractivity contribution in [2.24, 2.45) is 0 Å². The van der Waals surface area contributed by atoms with E-state index in [1.165, 1.54) is 25.1 Å². The maximum absolute atomic E-state index is 4.38. The van der Waals surface area contributed by atoms with Crippen molar-refractivity contribution in [1.82, 2.24) is 29.9 Å². The molecule has 3 heterocycles. The van der Waals surface area contributed by atoms with Gasteiger partial charge in [-0.3, -0.25) is 4.68 Å². The zero-order chi connectivity index (χ0) is 15.2. The monoisotopic (exact) mass is 302 g/mol. The Bertz CT molecular complexity index is 559. The number of fused-ring (bicyclic) bond motifs is 1. The average molecular weight is 302 g/mol. The van der Waals surface area contributed by atoms with Gasteiger partial charge >= 0.3 is 0 Å². The topological polar surface area (TPSA) is 60.6 Å². The van der Waals surface area contributed by atoms with Gasteiger partial charge in [-0.25, -0.2) is 0 Å². The van der Waals surface area contributed by atoms with Gasteiger partial charge in [-0.15, -0.1) is 10.2 Å². The van der Waals surface area contributed by atoms with E-state index in [-0.39, 0.29) is 0 Å². The van der Waals surface area contributed by atoms with Gasteiger partial charge in [0.25, 0.3) is 0 Å². The average Bonchev–Trinajstić information content (AvgIpc) is 3.11. The van der Waals surface area contributed by atoms with Gasteiger partial charge in [-0.2, -0.15) is 5.10 Å². The molecule has 2 aromatic heterocycles. The Morgan fingerprint density at radius 1 is 1.27 bits per heavy atom. The summed E-state index contributed by atoms with van der Waals surface area (Å²) in [7, 11) is 0. The zero-order valence-electron chi connectivity index (χ0n) is 13.4. The Labute approximate surface area is 131 Å². The Balaban J connectivity index is 1.42. The first-order valence-corrected chi connectivity index (χ1v) is 8.44. The van der Waals surface area contributed by atoms with Crippen LogP contribution in [0.25, 0.3) is 0 Å². The second-order valence-corrected chi connectivity index (χ2v) is 6.16. The van der Waals surface area contributed by atoms with Crippen LogP contribution in [0, 0.1) is 0 Å². The molecule has 1 N–H and O–H groups in total. The second kappa shape index (κ2) is 7.54.